The summed E-state index contributed by atoms with van der Waals surface area (Å²) in [6.07, 6.45) is 5.39. The van der Waals surface area contributed by atoms with Gasteiger partial charge in [-0.05, 0) is 82.6 Å². The van der Waals surface area contributed by atoms with E-state index in [-0.39, 0.29) is 12.1 Å². The van der Waals surface area contributed by atoms with E-state index in [2.05, 4.69) is 25.1 Å². The van der Waals surface area contributed by atoms with Gasteiger partial charge in [-0.15, -0.1) is 0 Å². The Kier molecular flexibility index (Phi) is 8.43. The van der Waals surface area contributed by atoms with E-state index in [4.69, 9.17) is 9.47 Å². The van der Waals surface area contributed by atoms with E-state index in [1.165, 1.54) is 25.9 Å². The largest absolute Gasteiger partial charge is 0.493 e. The SMILES string of the molecule is CC(C)Oc1ccc(NC(=O)N2CCN(c3ncnc4cc(OCCCN5CCCC5)ccc34)CC2)cc1. The number of likely N-dealkylation sites (tertiary alicyclic amines) is 1. The standard InChI is InChI=1S/C29H38N6O3/c1-22(2)38-24-8-6-23(7-9-24)32-29(36)35-17-15-34(16-18-35)28-26-11-10-25(20-27(26)30-21-31-28)37-19-5-14-33-12-3-4-13-33/h6-11,20-22H,3-5,12-19H2,1-2H3,(H,32,36). The molecule has 2 aliphatic rings. The lowest BCUT2D eigenvalue weighted by molar-refractivity contribution is 0.208. The Labute approximate surface area is 224 Å². The van der Waals surface area contributed by atoms with E-state index in [0.29, 0.717) is 32.8 Å². The van der Waals surface area contributed by atoms with Crippen molar-refractivity contribution in [2.45, 2.75) is 39.2 Å². The zero-order valence-corrected chi connectivity index (χ0v) is 22.4. The van der Waals surface area contributed by atoms with Crippen LogP contribution in [0.25, 0.3) is 10.9 Å². The number of rotatable bonds is 9. The van der Waals surface area contributed by atoms with Crippen LogP contribution in [0.15, 0.2) is 48.8 Å². The predicted molar refractivity (Wildman–Crippen MR) is 150 cm³/mol. The van der Waals surface area contributed by atoms with Crippen LogP contribution in [0.5, 0.6) is 11.5 Å². The lowest BCUT2D eigenvalue weighted by atomic mass is 10.2. The van der Waals surface area contributed by atoms with Crippen molar-refractivity contribution in [2.75, 3.05) is 62.6 Å². The van der Waals surface area contributed by atoms with Gasteiger partial charge in [-0.25, -0.2) is 14.8 Å². The Bertz CT molecular complexity index is 1200. The summed E-state index contributed by atoms with van der Waals surface area (Å²) in [7, 11) is 0. The number of carbonyl (C=O) groups excluding carboxylic acids is 1. The minimum atomic E-state index is -0.0961. The van der Waals surface area contributed by atoms with Crippen LogP contribution in [0, 0.1) is 0 Å². The average molecular weight is 519 g/mol. The number of hydrogen-bond donors (Lipinski definition) is 1. The number of fused-ring (bicyclic) bond motifs is 1. The first-order valence-electron chi connectivity index (χ1n) is 13.7. The van der Waals surface area contributed by atoms with Gasteiger partial charge in [0.25, 0.3) is 0 Å². The fraction of sp³-hybridized carbons (Fsp3) is 0.483. The normalized spacial score (nSPS) is 16.3. The van der Waals surface area contributed by atoms with Crippen LogP contribution >= 0.6 is 0 Å². The highest BCUT2D eigenvalue weighted by Gasteiger charge is 2.23. The van der Waals surface area contributed by atoms with Crippen LogP contribution in [0.4, 0.5) is 16.3 Å². The molecule has 0 spiro atoms. The van der Waals surface area contributed by atoms with E-state index in [9.17, 15) is 4.79 Å². The molecule has 0 radical (unpaired) electrons. The van der Waals surface area contributed by atoms with Crippen molar-refractivity contribution in [3.63, 3.8) is 0 Å². The number of nitrogens with one attached hydrogen (secondary N) is 1. The van der Waals surface area contributed by atoms with Gasteiger partial charge < -0.3 is 29.5 Å². The summed E-state index contributed by atoms with van der Waals surface area (Å²) in [5.74, 6) is 2.53. The van der Waals surface area contributed by atoms with E-state index in [0.717, 1.165) is 46.9 Å². The second kappa shape index (κ2) is 12.3. The summed E-state index contributed by atoms with van der Waals surface area (Å²) in [6.45, 7) is 10.9. The van der Waals surface area contributed by atoms with Crippen molar-refractivity contribution in [3.05, 3.63) is 48.8 Å². The van der Waals surface area contributed by atoms with Crippen LogP contribution in [-0.4, -0.2) is 84.3 Å². The number of aromatic nitrogens is 2. The number of hydrogen-bond acceptors (Lipinski definition) is 7. The van der Waals surface area contributed by atoms with Crippen LogP contribution in [0.3, 0.4) is 0 Å². The highest BCUT2D eigenvalue weighted by atomic mass is 16.5. The van der Waals surface area contributed by atoms with Crippen LogP contribution < -0.4 is 19.7 Å². The number of nitrogens with zero attached hydrogens (tertiary/aromatic N) is 5. The number of anilines is 2. The monoisotopic (exact) mass is 518 g/mol. The second-order valence-corrected chi connectivity index (χ2v) is 10.2. The van der Waals surface area contributed by atoms with E-state index < -0.39 is 0 Å². The van der Waals surface area contributed by atoms with Crippen molar-refractivity contribution in [2.24, 2.45) is 0 Å². The highest BCUT2D eigenvalue weighted by Crippen LogP contribution is 2.27. The molecular formula is C29H38N6O3. The van der Waals surface area contributed by atoms with Crippen molar-refractivity contribution >= 4 is 28.4 Å². The second-order valence-electron chi connectivity index (χ2n) is 10.2. The zero-order chi connectivity index (χ0) is 26.3. The fourth-order valence-corrected chi connectivity index (χ4v) is 5.06. The summed E-state index contributed by atoms with van der Waals surface area (Å²) in [5, 5.41) is 3.99. The molecule has 9 heteroatoms. The third kappa shape index (κ3) is 6.64. The molecule has 3 heterocycles. The Hall–Kier alpha value is -3.59. The minimum absolute atomic E-state index is 0.0961. The summed E-state index contributed by atoms with van der Waals surface area (Å²) in [4.78, 5) is 28.5. The van der Waals surface area contributed by atoms with E-state index in [1.807, 2.05) is 61.2 Å². The van der Waals surface area contributed by atoms with E-state index >= 15 is 0 Å². The van der Waals surface area contributed by atoms with Crippen LogP contribution in [0.1, 0.15) is 33.1 Å². The van der Waals surface area contributed by atoms with Crippen molar-refractivity contribution in [3.8, 4) is 11.5 Å². The molecule has 2 saturated heterocycles. The molecular weight excluding hydrogens is 480 g/mol. The average Bonchev–Trinajstić information content (AvgIpc) is 3.45. The van der Waals surface area contributed by atoms with Crippen molar-refractivity contribution in [1.29, 1.82) is 0 Å². The molecule has 0 saturated carbocycles. The quantitative estimate of drug-likeness (QED) is 0.413. The first-order valence-corrected chi connectivity index (χ1v) is 13.7. The van der Waals surface area contributed by atoms with Gasteiger partial charge in [-0.3, -0.25) is 0 Å². The first kappa shape index (κ1) is 26.0. The van der Waals surface area contributed by atoms with E-state index in [1.54, 1.807) is 6.33 Å². The Morgan fingerprint density at radius 2 is 1.68 bits per heavy atom. The predicted octanol–water partition coefficient (Wildman–Crippen LogP) is 4.64. The molecule has 2 aliphatic heterocycles. The van der Waals surface area contributed by atoms with Gasteiger partial charge in [0, 0.05) is 49.9 Å². The van der Waals surface area contributed by atoms with Gasteiger partial charge in [0.05, 0.1) is 18.2 Å². The topological polar surface area (TPSA) is 83.1 Å². The molecule has 2 fully saturated rings. The molecule has 0 unspecified atom stereocenters. The van der Waals surface area contributed by atoms with Gasteiger partial charge in [-0.2, -0.15) is 0 Å². The molecule has 38 heavy (non-hydrogen) atoms. The third-order valence-corrected chi connectivity index (χ3v) is 7.02. The highest BCUT2D eigenvalue weighted by molar-refractivity contribution is 5.91. The molecule has 9 nitrogen and oxygen atoms in total. The molecule has 0 atom stereocenters. The van der Waals surface area contributed by atoms with Gasteiger partial charge in [0.15, 0.2) is 0 Å². The zero-order valence-electron chi connectivity index (χ0n) is 22.4. The molecule has 2 aromatic carbocycles. The Morgan fingerprint density at radius 1 is 0.947 bits per heavy atom. The number of amides is 2. The van der Waals surface area contributed by atoms with Crippen LogP contribution in [-0.2, 0) is 0 Å². The smallest absolute Gasteiger partial charge is 0.321 e. The number of urea groups is 1. The fourth-order valence-electron chi connectivity index (χ4n) is 5.06. The molecule has 1 aromatic heterocycles. The summed E-state index contributed by atoms with van der Waals surface area (Å²) >= 11 is 0. The van der Waals surface area contributed by atoms with Gasteiger partial charge in [0.2, 0.25) is 0 Å². The molecule has 0 bridgehead atoms. The number of piperazine rings is 1. The van der Waals surface area contributed by atoms with Crippen LogP contribution in [0.2, 0.25) is 0 Å². The van der Waals surface area contributed by atoms with Crippen molar-refractivity contribution in [1.82, 2.24) is 19.8 Å². The summed E-state index contributed by atoms with van der Waals surface area (Å²) < 4.78 is 11.7. The maximum atomic E-state index is 12.8. The lowest BCUT2D eigenvalue weighted by Crippen LogP contribution is -2.50. The molecule has 2 amide bonds. The minimum Gasteiger partial charge on any atom is -0.493 e. The molecule has 1 N–H and O–H groups in total. The summed E-state index contributed by atoms with van der Waals surface area (Å²) in [6, 6.07) is 13.4. The maximum Gasteiger partial charge on any atom is 0.321 e. The van der Waals surface area contributed by atoms with Gasteiger partial charge in [0.1, 0.15) is 23.6 Å². The third-order valence-electron chi connectivity index (χ3n) is 7.02. The number of carbonyl (C=O) groups is 1. The van der Waals surface area contributed by atoms with Gasteiger partial charge >= 0.3 is 6.03 Å². The maximum absolute atomic E-state index is 12.8. The Balaban J connectivity index is 1.13. The molecule has 202 valence electrons. The molecule has 5 rings (SSSR count). The molecule has 3 aromatic rings. The molecule has 0 aliphatic carbocycles. The number of benzene rings is 2. The van der Waals surface area contributed by atoms with Crippen molar-refractivity contribution < 1.29 is 14.3 Å². The first-order chi connectivity index (χ1) is 18.5. The Morgan fingerprint density at radius 3 is 2.42 bits per heavy atom. The summed E-state index contributed by atoms with van der Waals surface area (Å²) in [5.41, 5.74) is 1.63. The van der Waals surface area contributed by atoms with Gasteiger partial charge in [-0.1, -0.05) is 0 Å². The lowest BCUT2D eigenvalue weighted by Gasteiger charge is -2.35. The number of ether oxygens (including phenoxy) is 2.